The van der Waals surface area contributed by atoms with Crippen LogP contribution < -0.4 is 10.6 Å². The molecule has 0 aromatic carbocycles. The van der Waals surface area contributed by atoms with Gasteiger partial charge in [0.05, 0.1) is 0 Å². The fourth-order valence-electron chi connectivity index (χ4n) is 2.47. The molecule has 2 aliphatic heterocycles. The molecule has 2 saturated heterocycles. The molecule has 2 aliphatic rings. The Kier molecular flexibility index (Phi) is 3.59. The summed E-state index contributed by atoms with van der Waals surface area (Å²) in [6, 6.07) is 1.16. The van der Waals surface area contributed by atoms with E-state index < -0.39 is 0 Å². The molecule has 1 amide bonds. The third kappa shape index (κ3) is 2.92. The lowest BCUT2D eigenvalue weighted by Crippen LogP contribution is -2.51. The third-order valence-electron chi connectivity index (χ3n) is 3.44. The average molecular weight is 211 g/mol. The van der Waals surface area contributed by atoms with Gasteiger partial charge >= 0.3 is 0 Å². The molecule has 2 N–H and O–H groups in total. The van der Waals surface area contributed by atoms with E-state index in [0.717, 1.165) is 26.1 Å². The van der Waals surface area contributed by atoms with Crippen LogP contribution in [0.15, 0.2) is 0 Å². The van der Waals surface area contributed by atoms with Crippen LogP contribution in [0.1, 0.15) is 25.7 Å². The highest BCUT2D eigenvalue weighted by molar-refractivity contribution is 5.76. The SMILES string of the molecule is CN1CC(NC2CCNCC2)CCC1=O. The first-order chi connectivity index (χ1) is 7.25. The van der Waals surface area contributed by atoms with Gasteiger partial charge in [0.15, 0.2) is 0 Å². The Balaban J connectivity index is 1.76. The van der Waals surface area contributed by atoms with Crippen molar-refractivity contribution in [2.75, 3.05) is 26.7 Å². The summed E-state index contributed by atoms with van der Waals surface area (Å²) in [5.41, 5.74) is 0. The summed E-state index contributed by atoms with van der Waals surface area (Å²) in [6.45, 7) is 3.13. The second kappa shape index (κ2) is 4.94. The van der Waals surface area contributed by atoms with Crippen LogP contribution >= 0.6 is 0 Å². The summed E-state index contributed by atoms with van der Waals surface area (Å²) in [5, 5.41) is 7.04. The zero-order valence-electron chi connectivity index (χ0n) is 9.46. The van der Waals surface area contributed by atoms with Crippen LogP contribution in [0.2, 0.25) is 0 Å². The fourth-order valence-corrected chi connectivity index (χ4v) is 2.47. The van der Waals surface area contributed by atoms with Crippen LogP contribution in [0.3, 0.4) is 0 Å². The van der Waals surface area contributed by atoms with Crippen molar-refractivity contribution >= 4 is 5.91 Å². The predicted molar refractivity (Wildman–Crippen MR) is 59.7 cm³/mol. The number of amides is 1. The topological polar surface area (TPSA) is 44.4 Å². The number of rotatable bonds is 2. The number of likely N-dealkylation sites (tertiary alicyclic amines) is 1. The molecule has 0 spiro atoms. The van der Waals surface area contributed by atoms with E-state index in [2.05, 4.69) is 10.6 Å². The van der Waals surface area contributed by atoms with Gasteiger partial charge in [-0.15, -0.1) is 0 Å². The highest BCUT2D eigenvalue weighted by Gasteiger charge is 2.25. The Morgan fingerprint density at radius 2 is 2.00 bits per heavy atom. The molecule has 1 atom stereocenters. The van der Waals surface area contributed by atoms with Crippen LogP contribution in [-0.4, -0.2) is 49.6 Å². The Hall–Kier alpha value is -0.610. The van der Waals surface area contributed by atoms with Crippen molar-refractivity contribution in [1.29, 1.82) is 0 Å². The summed E-state index contributed by atoms with van der Waals surface area (Å²) in [6.07, 6.45) is 4.15. The van der Waals surface area contributed by atoms with Gasteiger partial charge in [0, 0.05) is 32.1 Å². The molecule has 4 nitrogen and oxygen atoms in total. The van der Waals surface area contributed by atoms with Crippen LogP contribution in [-0.2, 0) is 4.79 Å². The molecule has 0 aromatic rings. The molecule has 2 heterocycles. The molecule has 0 radical (unpaired) electrons. The monoisotopic (exact) mass is 211 g/mol. The first-order valence-corrected chi connectivity index (χ1v) is 5.96. The molecule has 15 heavy (non-hydrogen) atoms. The van der Waals surface area contributed by atoms with Gasteiger partial charge in [-0.3, -0.25) is 4.79 Å². The minimum Gasteiger partial charge on any atom is -0.344 e. The van der Waals surface area contributed by atoms with Gasteiger partial charge in [0.25, 0.3) is 0 Å². The number of hydrogen-bond acceptors (Lipinski definition) is 3. The molecule has 86 valence electrons. The van der Waals surface area contributed by atoms with Crippen molar-refractivity contribution < 1.29 is 4.79 Å². The van der Waals surface area contributed by atoms with Crippen molar-refractivity contribution in [1.82, 2.24) is 15.5 Å². The van der Waals surface area contributed by atoms with E-state index in [9.17, 15) is 4.79 Å². The number of carbonyl (C=O) groups is 1. The molecule has 4 heteroatoms. The fraction of sp³-hybridized carbons (Fsp3) is 0.909. The summed E-state index contributed by atoms with van der Waals surface area (Å²) in [5.74, 6) is 0.290. The third-order valence-corrected chi connectivity index (χ3v) is 3.44. The lowest BCUT2D eigenvalue weighted by atomic mass is 10.0. The first-order valence-electron chi connectivity index (χ1n) is 5.96. The summed E-state index contributed by atoms with van der Waals surface area (Å²) in [4.78, 5) is 13.2. The average Bonchev–Trinajstić information content (AvgIpc) is 2.25. The smallest absolute Gasteiger partial charge is 0.222 e. The maximum Gasteiger partial charge on any atom is 0.222 e. The minimum atomic E-state index is 0.290. The van der Waals surface area contributed by atoms with Gasteiger partial charge in [0.2, 0.25) is 5.91 Å². The standard InChI is InChI=1S/C11H21N3O/c1-14-8-10(2-3-11(14)15)13-9-4-6-12-7-5-9/h9-10,12-13H,2-8H2,1H3. The van der Waals surface area contributed by atoms with E-state index >= 15 is 0 Å². The van der Waals surface area contributed by atoms with Gasteiger partial charge in [-0.1, -0.05) is 0 Å². The van der Waals surface area contributed by atoms with E-state index in [0.29, 0.717) is 24.4 Å². The second-order valence-corrected chi connectivity index (χ2v) is 4.70. The van der Waals surface area contributed by atoms with Gasteiger partial charge in [-0.05, 0) is 32.4 Å². The van der Waals surface area contributed by atoms with Crippen LogP contribution in [0.5, 0.6) is 0 Å². The van der Waals surface area contributed by atoms with Crippen molar-refractivity contribution in [3.8, 4) is 0 Å². The molecule has 2 fully saturated rings. The van der Waals surface area contributed by atoms with E-state index in [4.69, 9.17) is 0 Å². The molecule has 0 bridgehead atoms. The molecular formula is C11H21N3O. The number of piperidine rings is 2. The molecule has 2 rings (SSSR count). The van der Waals surface area contributed by atoms with Gasteiger partial charge in [0.1, 0.15) is 0 Å². The number of likely N-dealkylation sites (N-methyl/N-ethyl adjacent to an activating group) is 1. The molecule has 0 aliphatic carbocycles. The number of carbonyl (C=O) groups excluding carboxylic acids is 1. The van der Waals surface area contributed by atoms with Crippen LogP contribution in [0.4, 0.5) is 0 Å². The van der Waals surface area contributed by atoms with Crippen molar-refractivity contribution in [3.63, 3.8) is 0 Å². The van der Waals surface area contributed by atoms with E-state index in [1.807, 2.05) is 11.9 Å². The number of nitrogens with zero attached hydrogens (tertiary/aromatic N) is 1. The van der Waals surface area contributed by atoms with Crippen LogP contribution in [0, 0.1) is 0 Å². The van der Waals surface area contributed by atoms with E-state index in [-0.39, 0.29) is 0 Å². The van der Waals surface area contributed by atoms with E-state index in [1.54, 1.807) is 0 Å². The Morgan fingerprint density at radius 3 is 2.67 bits per heavy atom. The Bertz CT molecular complexity index is 226. The lowest BCUT2D eigenvalue weighted by molar-refractivity contribution is -0.132. The second-order valence-electron chi connectivity index (χ2n) is 4.70. The molecular weight excluding hydrogens is 190 g/mol. The molecule has 1 unspecified atom stereocenters. The summed E-state index contributed by atoms with van der Waals surface area (Å²) < 4.78 is 0. The Morgan fingerprint density at radius 1 is 1.27 bits per heavy atom. The van der Waals surface area contributed by atoms with Crippen molar-refractivity contribution in [2.24, 2.45) is 0 Å². The van der Waals surface area contributed by atoms with Gasteiger partial charge in [-0.2, -0.15) is 0 Å². The Labute approximate surface area is 91.4 Å². The van der Waals surface area contributed by atoms with Crippen LogP contribution in [0.25, 0.3) is 0 Å². The normalized spacial score (nSPS) is 29.5. The molecule has 0 saturated carbocycles. The van der Waals surface area contributed by atoms with Gasteiger partial charge < -0.3 is 15.5 Å². The van der Waals surface area contributed by atoms with Crippen molar-refractivity contribution in [3.05, 3.63) is 0 Å². The van der Waals surface area contributed by atoms with Gasteiger partial charge in [-0.25, -0.2) is 0 Å². The largest absolute Gasteiger partial charge is 0.344 e. The predicted octanol–water partition coefficient (Wildman–Crippen LogP) is -0.0512. The maximum absolute atomic E-state index is 11.3. The first kappa shape index (κ1) is 10.9. The lowest BCUT2D eigenvalue weighted by Gasteiger charge is -2.34. The highest BCUT2D eigenvalue weighted by Crippen LogP contribution is 2.12. The zero-order valence-corrected chi connectivity index (χ0v) is 9.46. The maximum atomic E-state index is 11.3. The van der Waals surface area contributed by atoms with E-state index in [1.165, 1.54) is 12.8 Å². The summed E-state index contributed by atoms with van der Waals surface area (Å²) in [7, 11) is 1.90. The highest BCUT2D eigenvalue weighted by atomic mass is 16.2. The zero-order chi connectivity index (χ0) is 10.7. The number of nitrogens with one attached hydrogen (secondary N) is 2. The minimum absolute atomic E-state index is 0.290. The molecule has 0 aromatic heterocycles. The number of hydrogen-bond donors (Lipinski definition) is 2. The summed E-state index contributed by atoms with van der Waals surface area (Å²) >= 11 is 0. The van der Waals surface area contributed by atoms with Crippen molar-refractivity contribution in [2.45, 2.75) is 37.8 Å². The quantitative estimate of drug-likeness (QED) is 0.673.